The standard InChI is InChI=1S/C14H16N2O3/c1-2-16-10-15-8-12(16)9-19-13-5-3-4-11(6-13)7-14(17)18/h3-6,8,10H,2,7,9H2,1H3,(H,17,18). The Morgan fingerprint density at radius 2 is 2.32 bits per heavy atom. The lowest BCUT2D eigenvalue weighted by molar-refractivity contribution is -0.136. The molecule has 0 saturated carbocycles. The van der Waals surface area contributed by atoms with Gasteiger partial charge in [-0.15, -0.1) is 0 Å². The number of carboxylic acids is 1. The molecular weight excluding hydrogens is 244 g/mol. The summed E-state index contributed by atoms with van der Waals surface area (Å²) in [5.41, 5.74) is 1.72. The average molecular weight is 260 g/mol. The van der Waals surface area contributed by atoms with Gasteiger partial charge in [-0.05, 0) is 24.6 Å². The van der Waals surface area contributed by atoms with E-state index in [1.54, 1.807) is 30.7 Å². The fraction of sp³-hybridized carbons (Fsp3) is 0.286. The molecule has 0 aliphatic carbocycles. The molecule has 0 fully saturated rings. The maximum atomic E-state index is 10.7. The number of rotatable bonds is 6. The number of imidazole rings is 1. The number of carboxylic acid groups (broad SMARTS) is 1. The van der Waals surface area contributed by atoms with Crippen molar-refractivity contribution in [1.82, 2.24) is 9.55 Å². The van der Waals surface area contributed by atoms with Crippen LogP contribution in [0.5, 0.6) is 5.75 Å². The lowest BCUT2D eigenvalue weighted by Gasteiger charge is -2.09. The highest BCUT2D eigenvalue weighted by Crippen LogP contribution is 2.15. The molecule has 1 aromatic carbocycles. The van der Waals surface area contributed by atoms with Gasteiger partial charge in [-0.25, -0.2) is 4.98 Å². The fourth-order valence-electron chi connectivity index (χ4n) is 1.83. The van der Waals surface area contributed by atoms with Crippen LogP contribution in [0, 0.1) is 0 Å². The van der Waals surface area contributed by atoms with Gasteiger partial charge in [0.15, 0.2) is 0 Å². The van der Waals surface area contributed by atoms with E-state index in [9.17, 15) is 4.79 Å². The maximum absolute atomic E-state index is 10.7. The first-order chi connectivity index (χ1) is 9.19. The van der Waals surface area contributed by atoms with Crippen LogP contribution in [0.3, 0.4) is 0 Å². The lowest BCUT2D eigenvalue weighted by atomic mass is 10.1. The fourth-order valence-corrected chi connectivity index (χ4v) is 1.83. The van der Waals surface area contributed by atoms with Gasteiger partial charge in [0.05, 0.1) is 24.6 Å². The number of hydrogen-bond donors (Lipinski definition) is 1. The van der Waals surface area contributed by atoms with E-state index in [1.807, 2.05) is 17.6 Å². The molecule has 100 valence electrons. The van der Waals surface area contributed by atoms with Gasteiger partial charge in [0.2, 0.25) is 0 Å². The van der Waals surface area contributed by atoms with E-state index < -0.39 is 5.97 Å². The summed E-state index contributed by atoms with van der Waals surface area (Å²) in [6.07, 6.45) is 3.54. The molecule has 0 unspecified atom stereocenters. The Hall–Kier alpha value is -2.30. The molecule has 2 aromatic rings. The third-order valence-corrected chi connectivity index (χ3v) is 2.78. The molecule has 0 amide bonds. The molecule has 5 nitrogen and oxygen atoms in total. The predicted molar refractivity (Wildman–Crippen MR) is 70.0 cm³/mol. The van der Waals surface area contributed by atoms with Crippen molar-refractivity contribution in [1.29, 1.82) is 0 Å². The van der Waals surface area contributed by atoms with Gasteiger partial charge >= 0.3 is 5.97 Å². The molecule has 0 atom stereocenters. The van der Waals surface area contributed by atoms with Gasteiger partial charge in [-0.1, -0.05) is 12.1 Å². The zero-order valence-corrected chi connectivity index (χ0v) is 10.7. The number of aryl methyl sites for hydroxylation is 1. The quantitative estimate of drug-likeness (QED) is 0.864. The molecule has 1 aromatic heterocycles. The molecule has 0 aliphatic heterocycles. The van der Waals surface area contributed by atoms with E-state index in [2.05, 4.69) is 4.98 Å². The minimum Gasteiger partial charge on any atom is -0.487 e. The highest BCUT2D eigenvalue weighted by molar-refractivity contribution is 5.70. The molecule has 0 bridgehead atoms. The lowest BCUT2D eigenvalue weighted by Crippen LogP contribution is -2.04. The largest absolute Gasteiger partial charge is 0.487 e. The van der Waals surface area contributed by atoms with Gasteiger partial charge in [0.25, 0.3) is 0 Å². The van der Waals surface area contributed by atoms with Crippen molar-refractivity contribution >= 4 is 5.97 Å². The number of nitrogens with zero attached hydrogens (tertiary/aromatic N) is 2. The zero-order chi connectivity index (χ0) is 13.7. The molecule has 0 saturated heterocycles. The number of carbonyl (C=O) groups is 1. The van der Waals surface area contributed by atoms with E-state index in [1.165, 1.54) is 0 Å². The van der Waals surface area contributed by atoms with E-state index >= 15 is 0 Å². The number of aliphatic carboxylic acids is 1. The van der Waals surface area contributed by atoms with Crippen LogP contribution in [0.25, 0.3) is 0 Å². The highest BCUT2D eigenvalue weighted by atomic mass is 16.5. The SMILES string of the molecule is CCn1cncc1COc1cccc(CC(=O)O)c1. The van der Waals surface area contributed by atoms with Crippen molar-refractivity contribution in [2.45, 2.75) is 26.5 Å². The minimum absolute atomic E-state index is 0.00406. The first kappa shape index (κ1) is 13.1. The molecule has 0 radical (unpaired) electrons. The number of benzene rings is 1. The number of aromatic nitrogens is 2. The van der Waals surface area contributed by atoms with E-state index in [4.69, 9.17) is 9.84 Å². The second-order valence-electron chi connectivity index (χ2n) is 4.18. The minimum atomic E-state index is -0.846. The second-order valence-corrected chi connectivity index (χ2v) is 4.18. The van der Waals surface area contributed by atoms with Gasteiger partial charge in [-0.3, -0.25) is 4.79 Å². The van der Waals surface area contributed by atoms with Crippen LogP contribution >= 0.6 is 0 Å². The zero-order valence-electron chi connectivity index (χ0n) is 10.7. The molecule has 1 heterocycles. The molecular formula is C14H16N2O3. The Balaban J connectivity index is 2.01. The first-order valence-electron chi connectivity index (χ1n) is 6.11. The molecule has 1 N–H and O–H groups in total. The monoisotopic (exact) mass is 260 g/mol. The van der Waals surface area contributed by atoms with Crippen molar-refractivity contribution in [3.8, 4) is 5.75 Å². The van der Waals surface area contributed by atoms with Crippen LogP contribution in [-0.2, 0) is 24.4 Å². The summed E-state index contributed by atoms with van der Waals surface area (Å²) in [5.74, 6) is -0.177. The van der Waals surface area contributed by atoms with Crippen LogP contribution < -0.4 is 4.74 Å². The number of hydrogen-bond acceptors (Lipinski definition) is 3. The van der Waals surface area contributed by atoms with E-state index in [0.717, 1.165) is 17.8 Å². The van der Waals surface area contributed by atoms with Crippen LogP contribution in [0.2, 0.25) is 0 Å². The van der Waals surface area contributed by atoms with Crippen LogP contribution in [-0.4, -0.2) is 20.6 Å². The topological polar surface area (TPSA) is 64.4 Å². The summed E-state index contributed by atoms with van der Waals surface area (Å²) in [5, 5.41) is 8.75. The van der Waals surface area contributed by atoms with Crippen molar-refractivity contribution in [2.24, 2.45) is 0 Å². The second kappa shape index (κ2) is 6.04. The van der Waals surface area contributed by atoms with E-state index in [0.29, 0.717) is 12.4 Å². The van der Waals surface area contributed by atoms with Crippen LogP contribution in [0.4, 0.5) is 0 Å². The van der Waals surface area contributed by atoms with Crippen LogP contribution in [0.15, 0.2) is 36.8 Å². The third-order valence-electron chi connectivity index (χ3n) is 2.78. The predicted octanol–water partition coefficient (Wildman–Crippen LogP) is 2.11. The molecule has 19 heavy (non-hydrogen) atoms. The summed E-state index contributed by atoms with van der Waals surface area (Å²) >= 11 is 0. The summed E-state index contributed by atoms with van der Waals surface area (Å²) in [4.78, 5) is 14.7. The Morgan fingerprint density at radius 3 is 3.05 bits per heavy atom. The van der Waals surface area contributed by atoms with Crippen LogP contribution in [0.1, 0.15) is 18.2 Å². The molecule has 5 heteroatoms. The molecule has 2 rings (SSSR count). The van der Waals surface area contributed by atoms with Gasteiger partial charge in [-0.2, -0.15) is 0 Å². The van der Waals surface area contributed by atoms with E-state index in [-0.39, 0.29) is 6.42 Å². The molecule has 0 spiro atoms. The third kappa shape index (κ3) is 3.58. The summed E-state index contributed by atoms with van der Waals surface area (Å²) in [6.45, 7) is 3.31. The summed E-state index contributed by atoms with van der Waals surface area (Å²) in [6, 6.07) is 7.14. The highest BCUT2D eigenvalue weighted by Gasteiger charge is 2.04. The Kier molecular flexibility index (Phi) is 4.18. The van der Waals surface area contributed by atoms with Gasteiger partial charge in [0, 0.05) is 6.54 Å². The van der Waals surface area contributed by atoms with Crippen molar-refractivity contribution in [2.75, 3.05) is 0 Å². The summed E-state index contributed by atoms with van der Waals surface area (Å²) < 4.78 is 7.66. The smallest absolute Gasteiger partial charge is 0.307 e. The Labute approximate surface area is 111 Å². The Bertz CT molecular complexity index is 563. The normalized spacial score (nSPS) is 10.4. The van der Waals surface area contributed by atoms with Crippen molar-refractivity contribution in [3.05, 3.63) is 48.0 Å². The van der Waals surface area contributed by atoms with Gasteiger partial charge < -0.3 is 14.4 Å². The molecule has 0 aliphatic rings. The average Bonchev–Trinajstić information content (AvgIpc) is 2.83. The Morgan fingerprint density at radius 1 is 1.47 bits per heavy atom. The number of ether oxygens (including phenoxy) is 1. The van der Waals surface area contributed by atoms with Crippen molar-refractivity contribution < 1.29 is 14.6 Å². The maximum Gasteiger partial charge on any atom is 0.307 e. The first-order valence-corrected chi connectivity index (χ1v) is 6.11. The van der Waals surface area contributed by atoms with Gasteiger partial charge in [0.1, 0.15) is 12.4 Å². The van der Waals surface area contributed by atoms with Crippen molar-refractivity contribution in [3.63, 3.8) is 0 Å². The summed E-state index contributed by atoms with van der Waals surface area (Å²) in [7, 11) is 0.